The van der Waals surface area contributed by atoms with Gasteiger partial charge in [0.2, 0.25) is 5.92 Å². The predicted molar refractivity (Wildman–Crippen MR) is 121 cm³/mol. The SMILES string of the molecule is CCOc1cc(-c2cccc(C(N)CC(C)(F)F)n2)cc2c1cnn2-c1cccc(CO)n1. The highest BCUT2D eigenvalue weighted by Gasteiger charge is 2.26. The highest BCUT2D eigenvalue weighted by molar-refractivity contribution is 5.90. The Hall–Kier alpha value is -3.43. The number of nitrogens with two attached hydrogens (primary N) is 1. The van der Waals surface area contributed by atoms with E-state index in [1.165, 1.54) is 0 Å². The van der Waals surface area contributed by atoms with E-state index in [2.05, 4.69) is 15.1 Å². The fourth-order valence-corrected chi connectivity index (χ4v) is 3.68. The van der Waals surface area contributed by atoms with Crippen LogP contribution in [0.3, 0.4) is 0 Å². The first-order valence-electron chi connectivity index (χ1n) is 10.6. The van der Waals surface area contributed by atoms with Gasteiger partial charge in [0.05, 0.1) is 53.4 Å². The number of hydrogen-bond donors (Lipinski definition) is 2. The van der Waals surface area contributed by atoms with Crippen molar-refractivity contribution in [3.8, 4) is 22.8 Å². The van der Waals surface area contributed by atoms with E-state index in [0.29, 0.717) is 35.3 Å². The minimum absolute atomic E-state index is 0.184. The molecule has 7 nitrogen and oxygen atoms in total. The molecule has 0 amide bonds. The van der Waals surface area contributed by atoms with Crippen LogP contribution in [-0.4, -0.2) is 37.4 Å². The first kappa shape index (κ1) is 22.8. The summed E-state index contributed by atoms with van der Waals surface area (Å²) in [6.07, 6.45) is 1.20. The number of pyridine rings is 2. The van der Waals surface area contributed by atoms with Gasteiger partial charge in [-0.05, 0) is 50.2 Å². The van der Waals surface area contributed by atoms with Crippen molar-refractivity contribution >= 4 is 10.9 Å². The lowest BCUT2D eigenvalue weighted by molar-refractivity contribution is 0.00580. The van der Waals surface area contributed by atoms with Crippen molar-refractivity contribution in [2.24, 2.45) is 5.73 Å². The number of aliphatic hydroxyl groups is 1. The van der Waals surface area contributed by atoms with E-state index >= 15 is 0 Å². The Labute approximate surface area is 189 Å². The van der Waals surface area contributed by atoms with Gasteiger partial charge < -0.3 is 15.6 Å². The van der Waals surface area contributed by atoms with Crippen molar-refractivity contribution in [2.45, 2.75) is 38.8 Å². The minimum Gasteiger partial charge on any atom is -0.493 e. The molecule has 3 heterocycles. The van der Waals surface area contributed by atoms with Gasteiger partial charge in [0.25, 0.3) is 0 Å². The number of benzene rings is 1. The van der Waals surface area contributed by atoms with Crippen LogP contribution in [0.5, 0.6) is 5.75 Å². The summed E-state index contributed by atoms with van der Waals surface area (Å²) in [7, 11) is 0. The third kappa shape index (κ3) is 4.99. The first-order chi connectivity index (χ1) is 15.8. The Balaban J connectivity index is 1.82. The smallest absolute Gasteiger partial charge is 0.247 e. The quantitative estimate of drug-likeness (QED) is 0.410. The van der Waals surface area contributed by atoms with Crippen LogP contribution in [0.4, 0.5) is 8.78 Å². The van der Waals surface area contributed by atoms with E-state index < -0.39 is 18.4 Å². The topological polar surface area (TPSA) is 99.1 Å². The molecule has 3 N–H and O–H groups in total. The summed E-state index contributed by atoms with van der Waals surface area (Å²) < 4.78 is 34.4. The van der Waals surface area contributed by atoms with E-state index in [0.717, 1.165) is 23.4 Å². The second kappa shape index (κ2) is 9.21. The van der Waals surface area contributed by atoms with Crippen LogP contribution in [0.15, 0.2) is 54.7 Å². The van der Waals surface area contributed by atoms with Crippen molar-refractivity contribution in [3.05, 3.63) is 66.1 Å². The van der Waals surface area contributed by atoms with Gasteiger partial charge in [-0.1, -0.05) is 12.1 Å². The van der Waals surface area contributed by atoms with Crippen molar-refractivity contribution in [3.63, 3.8) is 0 Å². The van der Waals surface area contributed by atoms with E-state index in [1.54, 1.807) is 47.3 Å². The fraction of sp³-hybridized carbons (Fsp3) is 0.292. The molecular weight excluding hydrogens is 428 g/mol. The Morgan fingerprint density at radius 3 is 2.67 bits per heavy atom. The van der Waals surface area contributed by atoms with Gasteiger partial charge in [-0.2, -0.15) is 5.10 Å². The van der Waals surface area contributed by atoms with Crippen molar-refractivity contribution in [1.82, 2.24) is 19.7 Å². The van der Waals surface area contributed by atoms with E-state index in [4.69, 9.17) is 10.5 Å². The summed E-state index contributed by atoms with van der Waals surface area (Å²) >= 11 is 0. The highest BCUT2D eigenvalue weighted by atomic mass is 19.3. The molecule has 172 valence electrons. The number of aromatic nitrogens is 4. The molecule has 0 aliphatic carbocycles. The van der Waals surface area contributed by atoms with Crippen molar-refractivity contribution in [2.75, 3.05) is 6.61 Å². The standard InChI is InChI=1S/C24H25F2N5O2/c1-3-33-22-11-15(19-7-5-8-20(30-19)18(27)12-24(2,25)26)10-21-17(22)13-28-31(21)23-9-4-6-16(14-32)29-23/h4-11,13,18,32H,3,12,14,27H2,1-2H3. The van der Waals surface area contributed by atoms with Gasteiger partial charge in [0.15, 0.2) is 5.82 Å². The maximum Gasteiger partial charge on any atom is 0.247 e. The maximum atomic E-state index is 13.5. The third-order valence-electron chi connectivity index (χ3n) is 5.15. The van der Waals surface area contributed by atoms with E-state index in [1.807, 2.05) is 19.1 Å². The van der Waals surface area contributed by atoms with Gasteiger partial charge >= 0.3 is 0 Å². The molecule has 0 bridgehead atoms. The predicted octanol–water partition coefficient (Wildman–Crippen LogP) is 4.42. The lowest BCUT2D eigenvalue weighted by Gasteiger charge is -2.17. The first-order valence-corrected chi connectivity index (χ1v) is 10.6. The van der Waals surface area contributed by atoms with Crippen LogP contribution in [0.2, 0.25) is 0 Å². The number of alkyl halides is 2. The van der Waals surface area contributed by atoms with Gasteiger partial charge in [0, 0.05) is 12.0 Å². The summed E-state index contributed by atoms with van der Waals surface area (Å²) in [5, 5.41) is 14.7. The summed E-state index contributed by atoms with van der Waals surface area (Å²) in [6, 6.07) is 13.4. The molecule has 3 aromatic heterocycles. The third-order valence-corrected chi connectivity index (χ3v) is 5.15. The minimum atomic E-state index is -2.89. The normalized spacial score (nSPS) is 12.8. The van der Waals surface area contributed by atoms with Crippen molar-refractivity contribution < 1.29 is 18.6 Å². The molecule has 33 heavy (non-hydrogen) atoms. The average Bonchev–Trinajstić information content (AvgIpc) is 3.22. The second-order valence-corrected chi connectivity index (χ2v) is 7.87. The van der Waals surface area contributed by atoms with Gasteiger partial charge in [-0.15, -0.1) is 0 Å². The molecule has 0 radical (unpaired) electrons. The zero-order valence-corrected chi connectivity index (χ0v) is 18.4. The van der Waals surface area contributed by atoms with Crippen molar-refractivity contribution in [1.29, 1.82) is 0 Å². The van der Waals surface area contributed by atoms with E-state index in [9.17, 15) is 13.9 Å². The molecule has 1 unspecified atom stereocenters. The van der Waals surface area contributed by atoms with Crippen LogP contribution >= 0.6 is 0 Å². The average molecular weight is 453 g/mol. The number of aliphatic hydroxyl groups excluding tert-OH is 1. The lowest BCUT2D eigenvalue weighted by atomic mass is 10.0. The Morgan fingerprint density at radius 2 is 1.94 bits per heavy atom. The number of ether oxygens (including phenoxy) is 1. The molecule has 1 atom stereocenters. The molecule has 0 aliphatic rings. The molecule has 0 saturated carbocycles. The van der Waals surface area contributed by atoms with Gasteiger partial charge in [0.1, 0.15) is 5.75 Å². The van der Waals surface area contributed by atoms with Crippen LogP contribution in [-0.2, 0) is 6.61 Å². The van der Waals surface area contributed by atoms with E-state index in [-0.39, 0.29) is 6.61 Å². The number of halogens is 2. The summed E-state index contributed by atoms with van der Waals surface area (Å²) in [5.74, 6) is -1.72. The Kier molecular flexibility index (Phi) is 6.35. The molecule has 9 heteroatoms. The molecule has 4 aromatic rings. The summed E-state index contributed by atoms with van der Waals surface area (Å²) in [6.45, 7) is 3.00. The monoisotopic (exact) mass is 453 g/mol. The molecule has 0 saturated heterocycles. The zero-order chi connectivity index (χ0) is 23.6. The van der Waals surface area contributed by atoms with Gasteiger partial charge in [-0.3, -0.25) is 4.98 Å². The second-order valence-electron chi connectivity index (χ2n) is 7.87. The fourth-order valence-electron chi connectivity index (χ4n) is 3.68. The van der Waals surface area contributed by atoms with Gasteiger partial charge in [-0.25, -0.2) is 18.4 Å². The molecule has 0 fully saturated rings. The van der Waals surface area contributed by atoms with Crippen LogP contribution in [0.1, 0.15) is 37.7 Å². The zero-order valence-electron chi connectivity index (χ0n) is 18.4. The molecular formula is C24H25F2N5O2. The molecule has 0 aliphatic heterocycles. The number of nitrogens with zero attached hydrogens (tertiary/aromatic N) is 4. The number of rotatable bonds is 8. The number of fused-ring (bicyclic) bond motifs is 1. The molecule has 0 spiro atoms. The molecule has 1 aromatic carbocycles. The number of hydrogen-bond acceptors (Lipinski definition) is 6. The highest BCUT2D eigenvalue weighted by Crippen LogP contribution is 2.34. The van der Waals surface area contributed by atoms with Crippen LogP contribution in [0, 0.1) is 0 Å². The van der Waals surface area contributed by atoms with Crippen LogP contribution in [0.25, 0.3) is 28.0 Å². The van der Waals surface area contributed by atoms with Crippen LogP contribution < -0.4 is 10.5 Å². The Morgan fingerprint density at radius 1 is 1.15 bits per heavy atom. The Bertz CT molecular complexity index is 1270. The largest absolute Gasteiger partial charge is 0.493 e. The lowest BCUT2D eigenvalue weighted by Crippen LogP contribution is -2.22. The summed E-state index contributed by atoms with van der Waals surface area (Å²) in [4.78, 5) is 9.00. The molecule has 4 rings (SSSR count). The maximum absolute atomic E-state index is 13.5. The summed E-state index contributed by atoms with van der Waals surface area (Å²) in [5.41, 5.74) is 8.94.